The van der Waals surface area contributed by atoms with Crippen molar-refractivity contribution in [2.75, 3.05) is 0 Å². The smallest absolute Gasteiger partial charge is 0.320 e. The Morgan fingerprint density at radius 3 is 2.45 bits per heavy atom. The van der Waals surface area contributed by atoms with E-state index in [1.807, 2.05) is 0 Å². The van der Waals surface area contributed by atoms with Crippen LogP contribution in [0.1, 0.15) is 27.6 Å². The molecule has 1 nitrogen and oxygen atoms in total. The molecule has 0 saturated carbocycles. The Labute approximate surface area is 122 Å². The number of nitrogens with two attached hydrogens (primary N) is 1. The number of thiophene rings is 1. The number of aryl methyl sites for hydroxylation is 1. The van der Waals surface area contributed by atoms with Crippen LogP contribution in [0.5, 0.6) is 0 Å². The standard InChI is InChI=1S/C13H10ClF4NS/c1-6-5-9(20-12(6)14)11(19)7-3-2-4-8(10(7)15)13(16,17)18/h2-5,11H,19H2,1H3. The average molecular weight is 324 g/mol. The molecule has 0 bridgehead atoms. The van der Waals surface area contributed by atoms with Gasteiger partial charge in [0.1, 0.15) is 5.82 Å². The van der Waals surface area contributed by atoms with Crippen molar-refractivity contribution in [1.82, 2.24) is 0 Å². The van der Waals surface area contributed by atoms with Crippen molar-refractivity contribution in [2.24, 2.45) is 5.73 Å². The van der Waals surface area contributed by atoms with Gasteiger partial charge in [0.15, 0.2) is 0 Å². The first-order chi connectivity index (χ1) is 9.21. The molecule has 1 atom stereocenters. The highest BCUT2D eigenvalue weighted by Crippen LogP contribution is 2.37. The normalized spacial score (nSPS) is 13.6. The van der Waals surface area contributed by atoms with Crippen LogP contribution in [-0.4, -0.2) is 0 Å². The van der Waals surface area contributed by atoms with Gasteiger partial charge in [-0.1, -0.05) is 23.7 Å². The van der Waals surface area contributed by atoms with Gasteiger partial charge in [0.2, 0.25) is 0 Å². The molecule has 2 N–H and O–H groups in total. The highest BCUT2D eigenvalue weighted by Gasteiger charge is 2.35. The molecule has 0 spiro atoms. The maximum absolute atomic E-state index is 14.0. The van der Waals surface area contributed by atoms with Crippen LogP contribution in [-0.2, 0) is 6.18 Å². The Kier molecular flexibility index (Phi) is 4.09. The second-order valence-corrected chi connectivity index (χ2v) is 5.98. The lowest BCUT2D eigenvalue weighted by atomic mass is 10.0. The average Bonchev–Trinajstić information content (AvgIpc) is 2.67. The van der Waals surface area contributed by atoms with Crippen LogP contribution in [0.2, 0.25) is 4.34 Å². The van der Waals surface area contributed by atoms with Crippen molar-refractivity contribution in [2.45, 2.75) is 19.1 Å². The first-order valence-electron chi connectivity index (χ1n) is 5.59. The monoisotopic (exact) mass is 323 g/mol. The van der Waals surface area contributed by atoms with Crippen molar-refractivity contribution in [1.29, 1.82) is 0 Å². The fourth-order valence-corrected chi connectivity index (χ4v) is 3.04. The minimum Gasteiger partial charge on any atom is -0.320 e. The van der Waals surface area contributed by atoms with Gasteiger partial charge in [0, 0.05) is 10.4 Å². The van der Waals surface area contributed by atoms with Gasteiger partial charge in [-0.05, 0) is 24.6 Å². The minimum absolute atomic E-state index is 0.197. The Morgan fingerprint density at radius 1 is 1.30 bits per heavy atom. The third-order valence-electron chi connectivity index (χ3n) is 2.85. The van der Waals surface area contributed by atoms with Crippen molar-refractivity contribution < 1.29 is 17.6 Å². The summed E-state index contributed by atoms with van der Waals surface area (Å²) in [5.74, 6) is -1.34. The molecule has 20 heavy (non-hydrogen) atoms. The third kappa shape index (κ3) is 2.82. The summed E-state index contributed by atoms with van der Waals surface area (Å²) in [6.07, 6.45) is -4.75. The molecule has 0 aliphatic rings. The van der Waals surface area contributed by atoms with E-state index >= 15 is 0 Å². The first-order valence-corrected chi connectivity index (χ1v) is 6.78. The second kappa shape index (κ2) is 5.35. The predicted molar refractivity (Wildman–Crippen MR) is 71.5 cm³/mol. The van der Waals surface area contributed by atoms with Gasteiger partial charge in [0.05, 0.1) is 15.9 Å². The van der Waals surface area contributed by atoms with E-state index in [1.165, 1.54) is 6.07 Å². The summed E-state index contributed by atoms with van der Waals surface area (Å²) in [6.45, 7) is 1.75. The Hall–Kier alpha value is -1.11. The van der Waals surface area contributed by atoms with E-state index in [9.17, 15) is 17.6 Å². The van der Waals surface area contributed by atoms with E-state index in [-0.39, 0.29) is 5.56 Å². The molecule has 0 radical (unpaired) electrons. The first kappa shape index (κ1) is 15.3. The Morgan fingerprint density at radius 2 is 1.95 bits per heavy atom. The fourth-order valence-electron chi connectivity index (χ4n) is 1.80. The lowest BCUT2D eigenvalue weighted by Crippen LogP contribution is -2.16. The maximum Gasteiger partial charge on any atom is 0.419 e. The number of hydrogen-bond acceptors (Lipinski definition) is 2. The molecule has 2 aromatic rings. The topological polar surface area (TPSA) is 26.0 Å². The molecule has 0 saturated heterocycles. The van der Waals surface area contributed by atoms with Crippen LogP contribution in [0, 0.1) is 12.7 Å². The van der Waals surface area contributed by atoms with Gasteiger partial charge in [-0.15, -0.1) is 11.3 Å². The molecule has 0 aliphatic carbocycles. The molecule has 2 rings (SSSR count). The molecule has 1 heterocycles. The summed E-state index contributed by atoms with van der Waals surface area (Å²) in [7, 11) is 0. The predicted octanol–water partition coefficient (Wildman–Crippen LogP) is 4.92. The summed E-state index contributed by atoms with van der Waals surface area (Å²) >= 11 is 7.03. The third-order valence-corrected chi connectivity index (χ3v) is 4.49. The van der Waals surface area contributed by atoms with E-state index < -0.39 is 23.6 Å². The molecule has 1 aromatic carbocycles. The van der Waals surface area contributed by atoms with E-state index in [1.54, 1.807) is 13.0 Å². The van der Waals surface area contributed by atoms with Crippen LogP contribution in [0.25, 0.3) is 0 Å². The minimum atomic E-state index is -4.75. The quantitative estimate of drug-likeness (QED) is 0.780. The van der Waals surface area contributed by atoms with Crippen LogP contribution in [0.15, 0.2) is 24.3 Å². The molecule has 108 valence electrons. The molecular formula is C13H10ClF4NS. The van der Waals surface area contributed by atoms with Crippen LogP contribution >= 0.6 is 22.9 Å². The Bertz CT molecular complexity index is 616. The van der Waals surface area contributed by atoms with E-state index in [0.29, 0.717) is 15.3 Å². The maximum atomic E-state index is 14.0. The number of rotatable bonds is 2. The zero-order chi connectivity index (χ0) is 15.1. The molecule has 0 aliphatic heterocycles. The molecular weight excluding hydrogens is 314 g/mol. The number of hydrogen-bond donors (Lipinski definition) is 1. The molecule has 7 heteroatoms. The summed E-state index contributed by atoms with van der Waals surface area (Å²) in [6, 6.07) is 3.75. The van der Waals surface area contributed by atoms with Gasteiger partial charge in [0.25, 0.3) is 0 Å². The van der Waals surface area contributed by atoms with Gasteiger partial charge in [-0.2, -0.15) is 13.2 Å². The summed E-state index contributed by atoms with van der Waals surface area (Å²) in [5, 5.41) is 0. The van der Waals surface area contributed by atoms with Gasteiger partial charge < -0.3 is 5.73 Å². The second-order valence-electron chi connectivity index (χ2n) is 4.29. The molecule has 0 amide bonds. The van der Waals surface area contributed by atoms with Crippen molar-refractivity contribution in [3.63, 3.8) is 0 Å². The molecule has 1 unspecified atom stereocenters. The van der Waals surface area contributed by atoms with E-state index in [0.717, 1.165) is 23.0 Å². The largest absolute Gasteiger partial charge is 0.419 e. The van der Waals surface area contributed by atoms with Gasteiger partial charge in [-0.3, -0.25) is 0 Å². The van der Waals surface area contributed by atoms with Crippen molar-refractivity contribution >= 4 is 22.9 Å². The fraction of sp³-hybridized carbons (Fsp3) is 0.231. The zero-order valence-electron chi connectivity index (χ0n) is 10.3. The lowest BCUT2D eigenvalue weighted by Gasteiger charge is -2.15. The van der Waals surface area contributed by atoms with E-state index in [2.05, 4.69) is 0 Å². The van der Waals surface area contributed by atoms with Gasteiger partial charge in [-0.25, -0.2) is 4.39 Å². The summed E-state index contributed by atoms with van der Waals surface area (Å²) in [4.78, 5) is 0.519. The van der Waals surface area contributed by atoms with Gasteiger partial charge >= 0.3 is 6.18 Å². The molecule has 0 fully saturated rings. The highest BCUT2D eigenvalue weighted by atomic mass is 35.5. The lowest BCUT2D eigenvalue weighted by molar-refractivity contribution is -0.140. The van der Waals surface area contributed by atoms with Crippen LogP contribution in [0.3, 0.4) is 0 Å². The molecule has 1 aromatic heterocycles. The van der Waals surface area contributed by atoms with Crippen molar-refractivity contribution in [3.8, 4) is 0 Å². The highest BCUT2D eigenvalue weighted by molar-refractivity contribution is 7.16. The number of halogens is 5. The number of alkyl halides is 3. The SMILES string of the molecule is Cc1cc(C(N)c2cccc(C(F)(F)F)c2F)sc1Cl. The van der Waals surface area contributed by atoms with Crippen LogP contribution in [0.4, 0.5) is 17.6 Å². The Balaban J connectivity index is 2.48. The summed E-state index contributed by atoms with van der Waals surface area (Å²) < 4.78 is 52.5. The van der Waals surface area contributed by atoms with Crippen LogP contribution < -0.4 is 5.73 Å². The number of benzene rings is 1. The zero-order valence-corrected chi connectivity index (χ0v) is 11.8. The summed E-state index contributed by atoms with van der Waals surface area (Å²) in [5.41, 5.74) is 5.10. The van der Waals surface area contributed by atoms with E-state index in [4.69, 9.17) is 17.3 Å². The van der Waals surface area contributed by atoms with Crippen molar-refractivity contribution in [3.05, 3.63) is 56.0 Å².